The summed E-state index contributed by atoms with van der Waals surface area (Å²) in [6.07, 6.45) is 7.01. The number of benzene rings is 1. The second-order valence-corrected chi connectivity index (χ2v) is 5.77. The van der Waals surface area contributed by atoms with Gasteiger partial charge in [-0.05, 0) is 68.7 Å². The van der Waals surface area contributed by atoms with Crippen LogP contribution in [-0.4, -0.2) is 12.7 Å². The number of alkyl halides is 2. The number of allylic oxidation sites excluding steroid dienone is 1. The summed E-state index contributed by atoms with van der Waals surface area (Å²) >= 11 is 0. The molecule has 2 rings (SSSR count). The summed E-state index contributed by atoms with van der Waals surface area (Å²) in [4.78, 5) is 0. The predicted octanol–water partition coefficient (Wildman–Crippen LogP) is 5.36. The van der Waals surface area contributed by atoms with Gasteiger partial charge >= 0.3 is 6.61 Å². The molecule has 1 aromatic carbocycles. The Morgan fingerprint density at radius 2 is 1.91 bits per heavy atom. The molecule has 0 radical (unpaired) electrons. The lowest BCUT2D eigenvalue weighted by molar-refractivity contribution is -0.0546. The van der Waals surface area contributed by atoms with E-state index in [0.717, 1.165) is 44.2 Å². The van der Waals surface area contributed by atoms with Crippen molar-refractivity contribution in [3.05, 3.63) is 41.2 Å². The lowest BCUT2D eigenvalue weighted by atomic mass is 10.0. The predicted molar refractivity (Wildman–Crippen MR) is 78.4 cm³/mol. The third-order valence-corrected chi connectivity index (χ3v) is 3.83. The third kappa shape index (κ3) is 5.44. The monoisotopic (exact) mass is 332 g/mol. The van der Waals surface area contributed by atoms with Crippen LogP contribution in [0.25, 0.3) is 0 Å². The molecule has 1 unspecified atom stereocenters. The van der Waals surface area contributed by atoms with Crippen LogP contribution in [-0.2, 0) is 11.2 Å². The topological polar surface area (TPSA) is 18.5 Å². The van der Waals surface area contributed by atoms with Gasteiger partial charge < -0.3 is 9.47 Å². The lowest BCUT2D eigenvalue weighted by Gasteiger charge is -2.21. The highest BCUT2D eigenvalue weighted by Crippen LogP contribution is 2.26. The van der Waals surface area contributed by atoms with E-state index in [1.807, 2.05) is 6.92 Å². The fourth-order valence-corrected chi connectivity index (χ4v) is 2.60. The van der Waals surface area contributed by atoms with Gasteiger partial charge in [-0.1, -0.05) is 0 Å². The molecular weight excluding hydrogens is 312 g/mol. The third-order valence-electron chi connectivity index (χ3n) is 3.83. The molecule has 0 spiro atoms. The molecule has 1 aromatic rings. The normalized spacial score (nSPS) is 17.8. The Morgan fingerprint density at radius 3 is 2.48 bits per heavy atom. The number of rotatable bonds is 7. The van der Waals surface area contributed by atoms with Gasteiger partial charge in [0.25, 0.3) is 0 Å². The van der Waals surface area contributed by atoms with E-state index < -0.39 is 24.0 Å². The Morgan fingerprint density at radius 1 is 1.22 bits per heavy atom. The average Bonchev–Trinajstić information content (AvgIpc) is 2.49. The number of halogens is 4. The first-order chi connectivity index (χ1) is 11.0. The molecule has 1 atom stereocenters. The molecule has 128 valence electrons. The largest absolute Gasteiger partial charge is 0.498 e. The van der Waals surface area contributed by atoms with Gasteiger partial charge in [-0.25, -0.2) is 8.78 Å². The molecule has 1 aliphatic rings. The van der Waals surface area contributed by atoms with Gasteiger partial charge in [0.05, 0.1) is 12.4 Å². The van der Waals surface area contributed by atoms with E-state index in [1.165, 1.54) is 5.57 Å². The van der Waals surface area contributed by atoms with Crippen molar-refractivity contribution < 1.29 is 27.0 Å². The molecule has 0 N–H and O–H groups in total. The van der Waals surface area contributed by atoms with Gasteiger partial charge in [-0.15, -0.1) is 0 Å². The van der Waals surface area contributed by atoms with Gasteiger partial charge in [0, 0.05) is 0 Å². The van der Waals surface area contributed by atoms with Crippen molar-refractivity contribution in [2.75, 3.05) is 0 Å². The molecule has 1 aliphatic heterocycles. The Hall–Kier alpha value is -1.72. The first-order valence-electron chi connectivity index (χ1n) is 7.69. The summed E-state index contributed by atoms with van der Waals surface area (Å²) in [5.74, 6) is -3.23. The first kappa shape index (κ1) is 17.6. The standard InChI is InChI=1S/C17H20F4O2/c1-11-6-7-13(22-10-11)5-3-2-4-12-8-14(18)16(15(19)9-12)23-17(20)21/h8-10,13,17H,2-7H2,1H3. The molecule has 0 saturated heterocycles. The van der Waals surface area contributed by atoms with Crippen LogP contribution in [0.1, 0.15) is 44.6 Å². The molecule has 0 amide bonds. The number of hydrogen-bond donors (Lipinski definition) is 0. The fraction of sp³-hybridized carbons (Fsp3) is 0.529. The van der Waals surface area contributed by atoms with Crippen LogP contribution in [0, 0.1) is 11.6 Å². The second-order valence-electron chi connectivity index (χ2n) is 5.77. The number of unbranched alkanes of at least 4 members (excludes halogenated alkanes) is 1. The smallest absolute Gasteiger partial charge is 0.387 e. The zero-order valence-electron chi connectivity index (χ0n) is 13.0. The van der Waals surface area contributed by atoms with Crippen molar-refractivity contribution in [2.24, 2.45) is 0 Å². The van der Waals surface area contributed by atoms with Crippen molar-refractivity contribution in [2.45, 2.75) is 58.2 Å². The minimum atomic E-state index is -3.25. The van der Waals surface area contributed by atoms with Gasteiger partial charge in [0.15, 0.2) is 17.4 Å². The Balaban J connectivity index is 1.80. The lowest BCUT2D eigenvalue weighted by Crippen LogP contribution is -2.14. The molecule has 0 bridgehead atoms. The molecule has 0 aromatic heterocycles. The highest BCUT2D eigenvalue weighted by molar-refractivity contribution is 5.31. The molecule has 2 nitrogen and oxygen atoms in total. The van der Waals surface area contributed by atoms with Gasteiger partial charge in [-0.3, -0.25) is 0 Å². The summed E-state index contributed by atoms with van der Waals surface area (Å²) in [7, 11) is 0. The van der Waals surface area contributed by atoms with E-state index in [-0.39, 0.29) is 6.10 Å². The van der Waals surface area contributed by atoms with Gasteiger partial charge in [0.1, 0.15) is 0 Å². The maximum atomic E-state index is 13.6. The van der Waals surface area contributed by atoms with Crippen LogP contribution in [0.15, 0.2) is 24.0 Å². The molecular formula is C17H20F4O2. The molecule has 1 heterocycles. The van der Waals surface area contributed by atoms with Crippen molar-refractivity contribution in [3.63, 3.8) is 0 Å². The van der Waals surface area contributed by atoms with Crippen LogP contribution in [0.2, 0.25) is 0 Å². The fourth-order valence-electron chi connectivity index (χ4n) is 2.60. The molecule has 23 heavy (non-hydrogen) atoms. The van der Waals surface area contributed by atoms with E-state index in [4.69, 9.17) is 4.74 Å². The molecule has 0 saturated carbocycles. The van der Waals surface area contributed by atoms with Crippen molar-refractivity contribution in [3.8, 4) is 5.75 Å². The number of aryl methyl sites for hydroxylation is 1. The minimum Gasteiger partial charge on any atom is -0.498 e. The van der Waals surface area contributed by atoms with Crippen molar-refractivity contribution in [1.29, 1.82) is 0 Å². The quantitative estimate of drug-likeness (QED) is 0.494. The van der Waals surface area contributed by atoms with Gasteiger partial charge in [0.2, 0.25) is 0 Å². The summed E-state index contributed by atoms with van der Waals surface area (Å²) < 4.78 is 60.7. The second kappa shape index (κ2) is 8.22. The van der Waals surface area contributed by atoms with E-state index >= 15 is 0 Å². The first-order valence-corrected chi connectivity index (χ1v) is 7.69. The van der Waals surface area contributed by atoms with Gasteiger partial charge in [-0.2, -0.15) is 8.78 Å². The van der Waals surface area contributed by atoms with Crippen LogP contribution < -0.4 is 4.74 Å². The highest BCUT2D eigenvalue weighted by Gasteiger charge is 2.17. The van der Waals surface area contributed by atoms with Crippen LogP contribution >= 0.6 is 0 Å². The van der Waals surface area contributed by atoms with Crippen molar-refractivity contribution >= 4 is 0 Å². The number of ether oxygens (including phenoxy) is 2. The Kier molecular flexibility index (Phi) is 6.30. The van der Waals surface area contributed by atoms with Crippen LogP contribution in [0.4, 0.5) is 17.6 Å². The Labute approximate surface area is 133 Å². The summed E-state index contributed by atoms with van der Waals surface area (Å²) in [6, 6.07) is 2.09. The molecule has 6 heteroatoms. The van der Waals surface area contributed by atoms with E-state index in [1.54, 1.807) is 6.26 Å². The van der Waals surface area contributed by atoms with Crippen LogP contribution in [0.3, 0.4) is 0 Å². The van der Waals surface area contributed by atoms with Crippen molar-refractivity contribution in [1.82, 2.24) is 0 Å². The molecule has 0 fully saturated rings. The zero-order valence-corrected chi connectivity index (χ0v) is 13.0. The highest BCUT2D eigenvalue weighted by atomic mass is 19.3. The van der Waals surface area contributed by atoms with Crippen LogP contribution in [0.5, 0.6) is 5.75 Å². The zero-order chi connectivity index (χ0) is 16.8. The summed E-state index contributed by atoms with van der Waals surface area (Å²) in [6.45, 7) is -1.22. The maximum Gasteiger partial charge on any atom is 0.387 e. The summed E-state index contributed by atoms with van der Waals surface area (Å²) in [5.41, 5.74) is 1.67. The van der Waals surface area contributed by atoms with E-state index in [9.17, 15) is 17.6 Å². The summed E-state index contributed by atoms with van der Waals surface area (Å²) in [5, 5.41) is 0. The Bertz CT molecular complexity index is 535. The van der Waals surface area contributed by atoms with E-state index in [2.05, 4.69) is 4.74 Å². The number of hydrogen-bond acceptors (Lipinski definition) is 2. The maximum absolute atomic E-state index is 13.6. The SMILES string of the molecule is CC1=COC(CCCCc2cc(F)c(OC(F)F)c(F)c2)CC1. The van der Waals surface area contributed by atoms with E-state index in [0.29, 0.717) is 12.0 Å². The minimum absolute atomic E-state index is 0.203. The average molecular weight is 332 g/mol. The molecule has 0 aliphatic carbocycles.